The van der Waals surface area contributed by atoms with Crippen LogP contribution in [0.5, 0.6) is 11.5 Å². The van der Waals surface area contributed by atoms with Crippen LogP contribution in [-0.2, 0) is 11.3 Å². The van der Waals surface area contributed by atoms with Gasteiger partial charge >= 0.3 is 0 Å². The smallest absolute Gasteiger partial charge is 0.246 e. The lowest BCUT2D eigenvalue weighted by atomic mass is 10.1. The molecule has 0 aromatic heterocycles. The summed E-state index contributed by atoms with van der Waals surface area (Å²) in [5, 5.41) is 0.570. The Morgan fingerprint density at radius 2 is 1.84 bits per heavy atom. The maximum atomic E-state index is 13.7. The molecule has 0 N–H and O–H groups in total. The van der Waals surface area contributed by atoms with E-state index in [0.717, 1.165) is 5.56 Å². The molecule has 0 aliphatic heterocycles. The van der Waals surface area contributed by atoms with Crippen molar-refractivity contribution in [1.82, 2.24) is 4.90 Å². The Hall–Kier alpha value is -2.53. The summed E-state index contributed by atoms with van der Waals surface area (Å²) in [6, 6.07) is 9.73. The fraction of sp³-hybridized carbons (Fsp3) is 0.211. The lowest BCUT2D eigenvalue weighted by Gasteiger charge is -2.17. The van der Waals surface area contributed by atoms with Gasteiger partial charge < -0.3 is 14.4 Å². The standard InChI is InChI=1S/C19H19ClFNO3/c1-22(12-14-11-15(20)6-8-17(14)24-2)19(23)9-5-13-4-7-18(25-3)16(21)10-13/h4-11H,12H2,1-3H3/b9-5+. The van der Waals surface area contributed by atoms with Gasteiger partial charge in [0.25, 0.3) is 0 Å². The molecule has 0 atom stereocenters. The Labute approximate surface area is 151 Å². The first-order chi connectivity index (χ1) is 11.9. The van der Waals surface area contributed by atoms with Crippen LogP contribution in [0.2, 0.25) is 5.02 Å². The van der Waals surface area contributed by atoms with E-state index < -0.39 is 5.82 Å². The number of hydrogen-bond acceptors (Lipinski definition) is 3. The zero-order chi connectivity index (χ0) is 18.4. The number of hydrogen-bond donors (Lipinski definition) is 0. The molecule has 2 aromatic rings. The van der Waals surface area contributed by atoms with Gasteiger partial charge in [0.2, 0.25) is 5.91 Å². The molecule has 4 nitrogen and oxygen atoms in total. The zero-order valence-corrected chi connectivity index (χ0v) is 15.0. The Morgan fingerprint density at radius 1 is 1.16 bits per heavy atom. The first-order valence-electron chi connectivity index (χ1n) is 7.53. The molecule has 0 spiro atoms. The molecule has 2 rings (SSSR count). The SMILES string of the molecule is COc1ccc(/C=C/C(=O)N(C)Cc2cc(Cl)ccc2OC)cc1F. The van der Waals surface area contributed by atoms with Crippen molar-refractivity contribution in [2.45, 2.75) is 6.54 Å². The van der Waals surface area contributed by atoms with E-state index in [1.165, 1.54) is 30.2 Å². The number of rotatable bonds is 6. The number of carbonyl (C=O) groups excluding carboxylic acids is 1. The van der Waals surface area contributed by atoms with Gasteiger partial charge in [0, 0.05) is 30.3 Å². The topological polar surface area (TPSA) is 38.8 Å². The second kappa shape index (κ2) is 8.53. The Morgan fingerprint density at radius 3 is 2.48 bits per heavy atom. The molecule has 0 radical (unpaired) electrons. The van der Waals surface area contributed by atoms with Gasteiger partial charge in [-0.05, 0) is 42.0 Å². The van der Waals surface area contributed by atoms with Crippen LogP contribution < -0.4 is 9.47 Å². The van der Waals surface area contributed by atoms with E-state index >= 15 is 0 Å². The first-order valence-corrected chi connectivity index (χ1v) is 7.91. The second-order valence-electron chi connectivity index (χ2n) is 5.38. The van der Waals surface area contributed by atoms with Gasteiger partial charge in [-0.2, -0.15) is 0 Å². The number of nitrogens with zero attached hydrogens (tertiary/aromatic N) is 1. The molecule has 0 unspecified atom stereocenters. The van der Waals surface area contributed by atoms with Crippen LogP contribution in [0.1, 0.15) is 11.1 Å². The summed E-state index contributed by atoms with van der Waals surface area (Å²) in [6.07, 6.45) is 2.94. The summed E-state index contributed by atoms with van der Waals surface area (Å²) >= 11 is 6.00. The minimum Gasteiger partial charge on any atom is -0.496 e. The molecule has 1 amide bonds. The summed E-state index contributed by atoms with van der Waals surface area (Å²) in [4.78, 5) is 13.8. The number of amides is 1. The van der Waals surface area contributed by atoms with Crippen molar-refractivity contribution in [1.29, 1.82) is 0 Å². The molecule has 25 heavy (non-hydrogen) atoms. The molecule has 2 aromatic carbocycles. The van der Waals surface area contributed by atoms with E-state index in [1.54, 1.807) is 44.5 Å². The third-order valence-electron chi connectivity index (χ3n) is 3.62. The molecule has 0 bridgehead atoms. The minimum atomic E-state index is -0.478. The van der Waals surface area contributed by atoms with Crippen molar-refractivity contribution in [3.63, 3.8) is 0 Å². The highest BCUT2D eigenvalue weighted by Gasteiger charge is 2.11. The van der Waals surface area contributed by atoms with E-state index in [-0.39, 0.29) is 11.7 Å². The summed E-state index contributed by atoms with van der Waals surface area (Å²) in [6.45, 7) is 0.337. The number of likely N-dealkylation sites (N-methyl/N-ethyl adjacent to an activating group) is 1. The third kappa shape index (κ3) is 4.97. The van der Waals surface area contributed by atoms with Crippen LogP contribution in [-0.4, -0.2) is 32.1 Å². The zero-order valence-electron chi connectivity index (χ0n) is 14.3. The molecular formula is C19H19ClFNO3. The Kier molecular flexibility index (Phi) is 6.42. The number of methoxy groups -OCH3 is 2. The number of ether oxygens (including phenoxy) is 2. The lowest BCUT2D eigenvalue weighted by molar-refractivity contribution is -0.125. The van der Waals surface area contributed by atoms with Crippen molar-refractivity contribution in [3.8, 4) is 11.5 Å². The Bertz CT molecular complexity index is 792. The molecule has 0 aliphatic carbocycles. The van der Waals surface area contributed by atoms with E-state index in [2.05, 4.69) is 0 Å². The van der Waals surface area contributed by atoms with E-state index in [0.29, 0.717) is 22.9 Å². The molecule has 0 saturated heterocycles. The maximum Gasteiger partial charge on any atom is 0.246 e. The normalized spacial score (nSPS) is 10.8. The van der Waals surface area contributed by atoms with Crippen LogP contribution in [0.25, 0.3) is 6.08 Å². The van der Waals surface area contributed by atoms with Gasteiger partial charge in [-0.3, -0.25) is 4.79 Å². The van der Waals surface area contributed by atoms with Crippen molar-refractivity contribution < 1.29 is 18.7 Å². The van der Waals surface area contributed by atoms with Gasteiger partial charge in [-0.25, -0.2) is 4.39 Å². The van der Waals surface area contributed by atoms with E-state index in [1.807, 2.05) is 0 Å². The fourth-order valence-corrected chi connectivity index (χ4v) is 2.48. The van der Waals surface area contributed by atoms with Gasteiger partial charge in [-0.15, -0.1) is 0 Å². The second-order valence-corrected chi connectivity index (χ2v) is 5.81. The van der Waals surface area contributed by atoms with Crippen molar-refractivity contribution in [3.05, 3.63) is 64.4 Å². The van der Waals surface area contributed by atoms with Crippen LogP contribution in [0.4, 0.5) is 4.39 Å². The predicted molar refractivity (Wildman–Crippen MR) is 96.5 cm³/mol. The number of halogens is 2. The van der Waals surface area contributed by atoms with Gasteiger partial charge in [0.1, 0.15) is 5.75 Å². The minimum absolute atomic E-state index is 0.161. The third-order valence-corrected chi connectivity index (χ3v) is 3.86. The summed E-state index contributed by atoms with van der Waals surface area (Å²) < 4.78 is 23.8. The Balaban J connectivity index is 2.07. The largest absolute Gasteiger partial charge is 0.496 e. The molecule has 6 heteroatoms. The van der Waals surface area contributed by atoms with Gasteiger partial charge in [0.15, 0.2) is 11.6 Å². The highest BCUT2D eigenvalue weighted by atomic mass is 35.5. The number of carbonyl (C=O) groups is 1. The fourth-order valence-electron chi connectivity index (χ4n) is 2.29. The van der Waals surface area contributed by atoms with Crippen molar-refractivity contribution in [2.75, 3.05) is 21.3 Å². The molecule has 0 aliphatic rings. The van der Waals surface area contributed by atoms with Gasteiger partial charge in [0.05, 0.1) is 14.2 Å². The monoisotopic (exact) mass is 363 g/mol. The van der Waals surface area contributed by atoms with E-state index in [4.69, 9.17) is 21.1 Å². The summed E-state index contributed by atoms with van der Waals surface area (Å²) in [5.74, 6) is 0.117. The first kappa shape index (κ1) is 18.8. The molecule has 0 heterocycles. The maximum absolute atomic E-state index is 13.7. The molecule has 0 saturated carbocycles. The average molecular weight is 364 g/mol. The van der Waals surface area contributed by atoms with Crippen molar-refractivity contribution >= 4 is 23.6 Å². The summed E-state index contributed by atoms with van der Waals surface area (Å²) in [7, 11) is 4.63. The van der Waals surface area contributed by atoms with Crippen LogP contribution >= 0.6 is 11.6 Å². The van der Waals surface area contributed by atoms with Gasteiger partial charge in [-0.1, -0.05) is 17.7 Å². The summed E-state index contributed by atoms with van der Waals surface area (Å²) in [5.41, 5.74) is 1.37. The highest BCUT2D eigenvalue weighted by Crippen LogP contribution is 2.24. The van der Waals surface area contributed by atoms with Crippen LogP contribution in [0.3, 0.4) is 0 Å². The quantitative estimate of drug-likeness (QED) is 0.723. The average Bonchev–Trinajstić information content (AvgIpc) is 2.60. The molecule has 132 valence electrons. The predicted octanol–water partition coefficient (Wildman–Crippen LogP) is 4.17. The lowest BCUT2D eigenvalue weighted by Crippen LogP contribution is -2.24. The van der Waals surface area contributed by atoms with Crippen molar-refractivity contribution in [2.24, 2.45) is 0 Å². The molecule has 0 fully saturated rings. The van der Waals surface area contributed by atoms with Crippen LogP contribution in [0.15, 0.2) is 42.5 Å². The van der Waals surface area contributed by atoms with E-state index in [9.17, 15) is 9.18 Å². The number of benzene rings is 2. The highest BCUT2D eigenvalue weighted by molar-refractivity contribution is 6.30. The van der Waals surface area contributed by atoms with Crippen LogP contribution in [0, 0.1) is 5.82 Å². The molecular weight excluding hydrogens is 345 g/mol.